The number of aromatic nitrogens is 2. The molecule has 0 aromatic carbocycles. The van der Waals surface area contributed by atoms with Crippen molar-refractivity contribution in [3.63, 3.8) is 0 Å². The third-order valence-electron chi connectivity index (χ3n) is 3.93. The first kappa shape index (κ1) is 14.7. The van der Waals surface area contributed by atoms with Crippen molar-refractivity contribution in [1.82, 2.24) is 14.7 Å². The van der Waals surface area contributed by atoms with Gasteiger partial charge in [0.25, 0.3) is 0 Å². The molecule has 1 fully saturated rings. The van der Waals surface area contributed by atoms with Gasteiger partial charge in [-0.15, -0.1) is 0 Å². The zero-order valence-electron chi connectivity index (χ0n) is 12.6. The van der Waals surface area contributed by atoms with Crippen LogP contribution >= 0.6 is 0 Å². The number of hydrogen-bond acceptors (Lipinski definition) is 5. The predicted octanol–water partition coefficient (Wildman–Crippen LogP) is 1.13. The molecule has 0 spiro atoms. The molecule has 0 amide bonds. The first-order valence-electron chi connectivity index (χ1n) is 7.19. The summed E-state index contributed by atoms with van der Waals surface area (Å²) in [6.07, 6.45) is 2.30. The number of piperidine rings is 1. The van der Waals surface area contributed by atoms with Crippen LogP contribution in [0.4, 0.5) is 11.6 Å². The second-order valence-corrected chi connectivity index (χ2v) is 5.89. The highest BCUT2D eigenvalue weighted by Gasteiger charge is 2.24. The summed E-state index contributed by atoms with van der Waals surface area (Å²) in [7, 11) is 4.02. The highest BCUT2D eigenvalue weighted by molar-refractivity contribution is 5.65. The van der Waals surface area contributed by atoms with Gasteiger partial charge < -0.3 is 15.5 Å². The summed E-state index contributed by atoms with van der Waals surface area (Å²) in [5.74, 6) is 2.00. The molecule has 1 aliphatic heterocycles. The third kappa shape index (κ3) is 3.05. The fourth-order valence-corrected chi connectivity index (χ4v) is 2.48. The molecule has 1 saturated heterocycles. The van der Waals surface area contributed by atoms with E-state index in [4.69, 9.17) is 5.73 Å². The van der Waals surface area contributed by atoms with Gasteiger partial charge in [-0.25, -0.2) is 4.68 Å². The average Bonchev–Trinajstić information content (AvgIpc) is 2.73. The molecule has 0 bridgehead atoms. The zero-order chi connectivity index (χ0) is 14.7. The fraction of sp³-hybridized carbons (Fsp3) is 0.714. The van der Waals surface area contributed by atoms with Gasteiger partial charge in [0.1, 0.15) is 17.5 Å². The Balaban J connectivity index is 2.20. The number of nitrogens with zero attached hydrogens (tertiary/aromatic N) is 5. The van der Waals surface area contributed by atoms with Crippen LogP contribution in [0, 0.1) is 17.2 Å². The highest BCUT2D eigenvalue weighted by Crippen LogP contribution is 2.28. The van der Waals surface area contributed by atoms with Crippen LogP contribution < -0.4 is 10.6 Å². The van der Waals surface area contributed by atoms with Crippen molar-refractivity contribution in [1.29, 1.82) is 5.26 Å². The Morgan fingerprint density at radius 2 is 2.05 bits per heavy atom. The Bertz CT molecular complexity index is 490. The lowest BCUT2D eigenvalue weighted by atomic mass is 9.99. The molecule has 2 rings (SSSR count). The summed E-state index contributed by atoms with van der Waals surface area (Å²) in [6.45, 7) is 5.75. The predicted molar refractivity (Wildman–Crippen MR) is 80.5 cm³/mol. The molecule has 0 radical (unpaired) electrons. The molecule has 0 unspecified atom stereocenters. The normalized spacial score (nSPS) is 16.6. The molecule has 0 saturated carbocycles. The lowest BCUT2D eigenvalue weighted by Crippen LogP contribution is -2.33. The van der Waals surface area contributed by atoms with E-state index in [9.17, 15) is 5.26 Å². The molecule has 1 aliphatic rings. The van der Waals surface area contributed by atoms with Gasteiger partial charge in [0.15, 0.2) is 5.82 Å². The van der Waals surface area contributed by atoms with Gasteiger partial charge in [-0.1, -0.05) is 6.92 Å². The smallest absolute Gasteiger partial charge is 0.170 e. The first-order valence-corrected chi connectivity index (χ1v) is 7.19. The van der Waals surface area contributed by atoms with Crippen molar-refractivity contribution in [2.75, 3.05) is 44.4 Å². The summed E-state index contributed by atoms with van der Waals surface area (Å²) in [4.78, 5) is 4.27. The average molecular weight is 276 g/mol. The number of rotatable bonds is 4. The molecule has 2 N–H and O–H groups in total. The Labute approximate surface area is 120 Å². The van der Waals surface area contributed by atoms with Gasteiger partial charge in [-0.05, 0) is 32.9 Å². The maximum atomic E-state index is 9.35. The van der Waals surface area contributed by atoms with Crippen molar-refractivity contribution in [3.8, 4) is 6.07 Å². The fourth-order valence-electron chi connectivity index (χ4n) is 2.48. The monoisotopic (exact) mass is 276 g/mol. The molecular weight excluding hydrogens is 252 g/mol. The summed E-state index contributed by atoms with van der Waals surface area (Å²) in [6, 6.07) is 2.22. The SMILES string of the molecule is CC1CCN(c2nn(CCN(C)C)c(N)c2C#N)CC1. The van der Waals surface area contributed by atoms with Crippen LogP contribution in [-0.4, -0.2) is 48.4 Å². The van der Waals surface area contributed by atoms with Crippen molar-refractivity contribution >= 4 is 11.6 Å². The Morgan fingerprint density at radius 3 is 2.60 bits per heavy atom. The van der Waals surface area contributed by atoms with E-state index < -0.39 is 0 Å². The van der Waals surface area contributed by atoms with Crippen molar-refractivity contribution < 1.29 is 0 Å². The maximum absolute atomic E-state index is 9.35. The molecule has 110 valence electrons. The molecular formula is C14H24N6. The van der Waals surface area contributed by atoms with Crippen molar-refractivity contribution in [2.45, 2.75) is 26.3 Å². The Kier molecular flexibility index (Phi) is 4.50. The highest BCUT2D eigenvalue weighted by atomic mass is 15.4. The van der Waals surface area contributed by atoms with Gasteiger partial charge in [0, 0.05) is 19.6 Å². The Hall–Kier alpha value is -1.74. The maximum Gasteiger partial charge on any atom is 0.170 e. The largest absolute Gasteiger partial charge is 0.383 e. The van der Waals surface area contributed by atoms with Crippen LogP contribution in [-0.2, 0) is 6.54 Å². The van der Waals surface area contributed by atoms with E-state index in [1.807, 2.05) is 14.1 Å². The molecule has 1 aromatic heterocycles. The zero-order valence-corrected chi connectivity index (χ0v) is 12.6. The molecule has 6 nitrogen and oxygen atoms in total. The molecule has 1 aromatic rings. The minimum atomic E-state index is 0.489. The Morgan fingerprint density at radius 1 is 1.40 bits per heavy atom. The summed E-state index contributed by atoms with van der Waals surface area (Å²) >= 11 is 0. The second kappa shape index (κ2) is 6.14. The van der Waals surface area contributed by atoms with Gasteiger partial charge >= 0.3 is 0 Å². The van der Waals surface area contributed by atoms with Gasteiger partial charge in [0.2, 0.25) is 0 Å². The van der Waals surface area contributed by atoms with Crippen molar-refractivity contribution in [3.05, 3.63) is 5.56 Å². The minimum Gasteiger partial charge on any atom is -0.383 e. The van der Waals surface area contributed by atoms with Crippen LogP contribution in [0.25, 0.3) is 0 Å². The van der Waals surface area contributed by atoms with E-state index in [-0.39, 0.29) is 0 Å². The summed E-state index contributed by atoms with van der Waals surface area (Å²) < 4.78 is 1.76. The van der Waals surface area contributed by atoms with Crippen LogP contribution in [0.2, 0.25) is 0 Å². The van der Waals surface area contributed by atoms with E-state index in [0.29, 0.717) is 17.9 Å². The molecule has 20 heavy (non-hydrogen) atoms. The number of nitrogens with two attached hydrogens (primary N) is 1. The molecule has 0 atom stereocenters. The quantitative estimate of drug-likeness (QED) is 0.892. The van der Waals surface area contributed by atoms with Crippen LogP contribution in [0.3, 0.4) is 0 Å². The topological polar surface area (TPSA) is 74.1 Å². The summed E-state index contributed by atoms with van der Waals surface area (Å²) in [5, 5.41) is 13.9. The molecule has 6 heteroatoms. The number of anilines is 2. The van der Waals surface area contributed by atoms with Crippen LogP contribution in [0.1, 0.15) is 25.3 Å². The van der Waals surface area contributed by atoms with E-state index >= 15 is 0 Å². The number of likely N-dealkylation sites (N-methyl/N-ethyl adjacent to an activating group) is 1. The third-order valence-corrected chi connectivity index (χ3v) is 3.93. The van der Waals surface area contributed by atoms with Crippen LogP contribution in [0.5, 0.6) is 0 Å². The molecule has 2 heterocycles. The first-order chi connectivity index (χ1) is 9.52. The van der Waals surface area contributed by atoms with E-state index in [1.165, 1.54) is 0 Å². The van der Waals surface area contributed by atoms with Gasteiger partial charge in [-0.3, -0.25) is 0 Å². The molecule has 0 aliphatic carbocycles. The van der Waals surface area contributed by atoms with Crippen molar-refractivity contribution in [2.24, 2.45) is 5.92 Å². The van der Waals surface area contributed by atoms with Gasteiger partial charge in [-0.2, -0.15) is 10.4 Å². The lowest BCUT2D eigenvalue weighted by Gasteiger charge is -2.30. The van der Waals surface area contributed by atoms with Gasteiger partial charge in [0.05, 0.1) is 6.54 Å². The second-order valence-electron chi connectivity index (χ2n) is 5.89. The standard InChI is InChI=1S/C14H24N6/c1-11-4-6-19(7-5-11)14-12(10-15)13(16)20(17-14)9-8-18(2)3/h11H,4-9,16H2,1-3H3. The number of hydrogen-bond donors (Lipinski definition) is 1. The lowest BCUT2D eigenvalue weighted by molar-refractivity contribution is 0.374. The number of nitrogen functional groups attached to an aromatic ring is 1. The minimum absolute atomic E-state index is 0.489. The van der Waals surface area contributed by atoms with E-state index in [2.05, 4.69) is 27.9 Å². The van der Waals surface area contributed by atoms with E-state index in [0.717, 1.165) is 44.2 Å². The number of nitriles is 1. The van der Waals surface area contributed by atoms with Crippen LogP contribution in [0.15, 0.2) is 0 Å². The van der Waals surface area contributed by atoms with E-state index in [1.54, 1.807) is 4.68 Å². The summed E-state index contributed by atoms with van der Waals surface area (Å²) in [5.41, 5.74) is 6.59.